The van der Waals surface area contributed by atoms with Crippen LogP contribution in [0.5, 0.6) is 0 Å². The summed E-state index contributed by atoms with van der Waals surface area (Å²) in [5.74, 6) is 0. The number of hydrogen-bond acceptors (Lipinski definition) is 3. The van der Waals surface area contributed by atoms with Gasteiger partial charge in [0.05, 0.1) is 0 Å². The van der Waals surface area contributed by atoms with E-state index in [9.17, 15) is 3.32 Å². The zero-order valence-electron chi connectivity index (χ0n) is 4.46. The van der Waals surface area contributed by atoms with Crippen LogP contribution in [0.4, 0.5) is 0 Å². The van der Waals surface area contributed by atoms with E-state index in [1.165, 1.54) is 0 Å². The number of nitrogens with two attached hydrogens (primary N) is 1. The third-order valence-corrected chi connectivity index (χ3v) is 1.28. The summed E-state index contributed by atoms with van der Waals surface area (Å²) in [6.45, 7) is 0.817. The summed E-state index contributed by atoms with van der Waals surface area (Å²) in [6.07, 6.45) is 0.652. The van der Waals surface area contributed by atoms with Crippen LogP contribution in [0.1, 0.15) is 6.42 Å². The van der Waals surface area contributed by atoms with Crippen LogP contribution < -0.4 is 5.73 Å². The second-order valence-corrected chi connectivity index (χ2v) is 2.54. The van der Waals surface area contributed by atoms with Gasteiger partial charge in [0.15, 0.2) is 0 Å². The average molecular weight is 155 g/mol. The maximum atomic E-state index is 9.86. The maximum absolute atomic E-state index is 9.86. The van der Waals surface area contributed by atoms with Gasteiger partial charge in [0.1, 0.15) is 0 Å². The fourth-order valence-electron chi connectivity index (χ4n) is 0.243. The minimum atomic E-state index is -3.23. The van der Waals surface area contributed by atoms with Crippen molar-refractivity contribution >= 4 is 0 Å². The first-order valence-corrected chi connectivity index (χ1v) is 4.30. The zero-order valence-corrected chi connectivity index (χ0v) is 6.02. The summed E-state index contributed by atoms with van der Waals surface area (Å²) in [5.41, 5.74) is 5.07. The van der Waals surface area contributed by atoms with E-state index in [1.54, 1.807) is 0 Å². The van der Waals surface area contributed by atoms with Crippen molar-refractivity contribution in [2.24, 2.45) is 5.73 Å². The molecule has 0 aliphatic carbocycles. The van der Waals surface area contributed by atoms with Gasteiger partial charge in [-0.05, 0) is 0 Å². The van der Waals surface area contributed by atoms with Crippen LogP contribution in [0.25, 0.3) is 0 Å². The SMILES string of the molecule is NCCC[O][Ti](=[O])[OH]. The number of hydrogen-bond donors (Lipinski definition) is 2. The van der Waals surface area contributed by atoms with Gasteiger partial charge in [0, 0.05) is 0 Å². The van der Waals surface area contributed by atoms with Gasteiger partial charge >= 0.3 is 54.3 Å². The molecule has 0 aliphatic heterocycles. The van der Waals surface area contributed by atoms with Crippen LogP contribution in [0, 0.1) is 0 Å². The van der Waals surface area contributed by atoms with Crippen molar-refractivity contribution in [1.82, 2.24) is 0 Å². The first kappa shape index (κ1) is 8.39. The molecule has 4 nitrogen and oxygen atoms in total. The molecule has 0 saturated heterocycles. The molecular formula is C3H9NO3Ti. The molecule has 8 heavy (non-hydrogen) atoms. The molecule has 0 spiro atoms. The normalized spacial score (nSPS) is 9.25. The zero-order chi connectivity index (χ0) is 6.41. The molecule has 0 saturated carbocycles. The molecule has 0 bridgehead atoms. The predicted octanol–water partition coefficient (Wildman–Crippen LogP) is -0.862. The monoisotopic (exact) mass is 155 g/mol. The van der Waals surface area contributed by atoms with E-state index in [0.29, 0.717) is 19.6 Å². The Kier molecular flexibility index (Phi) is 5.80. The van der Waals surface area contributed by atoms with E-state index < -0.39 is 18.6 Å². The van der Waals surface area contributed by atoms with Crippen LogP contribution >= 0.6 is 0 Å². The second kappa shape index (κ2) is 5.53. The molecule has 5 heteroatoms. The third-order valence-electron chi connectivity index (χ3n) is 0.574. The summed E-state index contributed by atoms with van der Waals surface area (Å²) in [7, 11) is 0. The minimum absolute atomic E-state index is 0.311. The van der Waals surface area contributed by atoms with Crippen LogP contribution in [-0.4, -0.2) is 16.8 Å². The predicted molar refractivity (Wildman–Crippen MR) is 22.5 cm³/mol. The van der Waals surface area contributed by atoms with E-state index in [2.05, 4.69) is 3.32 Å². The first-order valence-electron chi connectivity index (χ1n) is 2.33. The Labute approximate surface area is 54.7 Å². The number of rotatable bonds is 4. The van der Waals surface area contributed by atoms with Gasteiger partial charge in [0.25, 0.3) is 0 Å². The van der Waals surface area contributed by atoms with E-state index in [1.807, 2.05) is 0 Å². The Bertz CT molecular complexity index is 76.9. The van der Waals surface area contributed by atoms with Gasteiger partial charge in [-0.3, -0.25) is 0 Å². The van der Waals surface area contributed by atoms with Crippen molar-refractivity contribution in [3.05, 3.63) is 0 Å². The van der Waals surface area contributed by atoms with Gasteiger partial charge in [0.2, 0.25) is 0 Å². The Hall–Kier alpha value is 0.394. The van der Waals surface area contributed by atoms with Crippen molar-refractivity contribution in [3.63, 3.8) is 0 Å². The molecular weight excluding hydrogens is 146 g/mol. The van der Waals surface area contributed by atoms with Gasteiger partial charge in [-0.2, -0.15) is 0 Å². The Balaban J connectivity index is 2.82. The van der Waals surface area contributed by atoms with Crippen molar-refractivity contribution in [3.8, 4) is 0 Å². The van der Waals surface area contributed by atoms with Crippen molar-refractivity contribution in [1.29, 1.82) is 0 Å². The molecule has 0 aliphatic rings. The van der Waals surface area contributed by atoms with Crippen LogP contribution in [0.2, 0.25) is 0 Å². The Morgan fingerprint density at radius 2 is 2.38 bits per heavy atom. The van der Waals surface area contributed by atoms with Gasteiger partial charge in [-0.25, -0.2) is 0 Å². The van der Waals surface area contributed by atoms with Crippen LogP contribution in [0.3, 0.4) is 0 Å². The summed E-state index contributed by atoms with van der Waals surface area (Å²) < 4.78 is 22.4. The molecule has 0 rings (SSSR count). The molecule has 0 radical (unpaired) electrons. The second-order valence-electron chi connectivity index (χ2n) is 1.26. The molecule has 0 amide bonds. The first-order chi connectivity index (χ1) is 3.77. The standard InChI is InChI=1S/C3H8NO.H2O.O.Ti/c4-2-1-3-5;;;/h1-4H2;1H2;;/q-1;;;+2/p-1. The van der Waals surface area contributed by atoms with Crippen molar-refractivity contribution in [2.45, 2.75) is 6.42 Å². The Morgan fingerprint density at radius 1 is 1.75 bits per heavy atom. The average Bonchev–Trinajstić information content (AvgIpc) is 1.66. The molecule has 3 N–H and O–H groups in total. The molecule has 0 aromatic heterocycles. The van der Waals surface area contributed by atoms with Gasteiger partial charge in [-0.15, -0.1) is 0 Å². The van der Waals surface area contributed by atoms with Crippen LogP contribution in [0.15, 0.2) is 0 Å². The van der Waals surface area contributed by atoms with Crippen molar-refractivity contribution < 1.29 is 28.9 Å². The molecule has 0 aromatic carbocycles. The van der Waals surface area contributed by atoms with E-state index >= 15 is 0 Å². The van der Waals surface area contributed by atoms with E-state index in [0.717, 1.165) is 0 Å². The molecule has 0 unspecified atom stereocenters. The van der Waals surface area contributed by atoms with Gasteiger partial charge in [-0.1, -0.05) is 0 Å². The molecule has 0 heterocycles. The summed E-state index contributed by atoms with van der Waals surface area (Å²) in [4.78, 5) is 0. The summed E-state index contributed by atoms with van der Waals surface area (Å²) >= 11 is -3.23. The molecule has 0 fully saturated rings. The fourth-order valence-corrected chi connectivity index (χ4v) is 0.741. The van der Waals surface area contributed by atoms with Crippen molar-refractivity contribution in [2.75, 3.05) is 13.2 Å². The Morgan fingerprint density at radius 3 is 2.75 bits per heavy atom. The van der Waals surface area contributed by atoms with E-state index in [4.69, 9.17) is 9.42 Å². The van der Waals surface area contributed by atoms with Crippen LogP contribution in [-0.2, 0) is 25.3 Å². The molecule has 0 atom stereocenters. The topological polar surface area (TPSA) is 72.5 Å². The quantitative estimate of drug-likeness (QED) is 0.409. The summed E-state index contributed by atoms with van der Waals surface area (Å²) in [6, 6.07) is 0. The molecule has 48 valence electrons. The van der Waals surface area contributed by atoms with E-state index in [-0.39, 0.29) is 0 Å². The molecule has 0 aromatic rings. The third kappa shape index (κ3) is 6.39. The van der Waals surface area contributed by atoms with Gasteiger partial charge < -0.3 is 0 Å². The summed E-state index contributed by atoms with van der Waals surface area (Å²) in [5, 5.41) is 0. The fraction of sp³-hybridized carbons (Fsp3) is 1.00.